The third-order valence-electron chi connectivity index (χ3n) is 3.89. The number of aromatic nitrogens is 1. The summed E-state index contributed by atoms with van der Waals surface area (Å²) >= 11 is 0. The van der Waals surface area contributed by atoms with Gasteiger partial charge < -0.3 is 16.0 Å². The van der Waals surface area contributed by atoms with Gasteiger partial charge in [-0.25, -0.2) is 4.98 Å². The summed E-state index contributed by atoms with van der Waals surface area (Å²) in [6.45, 7) is 6.72. The number of hydrogen-bond donors (Lipinski definition) is 2. The topological polar surface area (TPSA) is 71.2 Å². The molecule has 0 saturated heterocycles. The van der Waals surface area contributed by atoms with Gasteiger partial charge in [0.2, 0.25) is 0 Å². The zero-order valence-corrected chi connectivity index (χ0v) is 14.5. The molecule has 0 fully saturated rings. The lowest BCUT2D eigenvalue weighted by atomic mass is 10.1. The Labute approximate surface area is 143 Å². The molecule has 0 bridgehead atoms. The molecule has 0 atom stereocenters. The third kappa shape index (κ3) is 4.98. The van der Waals surface area contributed by atoms with Gasteiger partial charge in [-0.05, 0) is 49.6 Å². The van der Waals surface area contributed by atoms with Crippen LogP contribution in [0.1, 0.15) is 36.2 Å². The van der Waals surface area contributed by atoms with Crippen molar-refractivity contribution >= 4 is 17.4 Å². The fourth-order valence-corrected chi connectivity index (χ4v) is 2.52. The van der Waals surface area contributed by atoms with Gasteiger partial charge in [-0.15, -0.1) is 0 Å². The third-order valence-corrected chi connectivity index (χ3v) is 3.89. The van der Waals surface area contributed by atoms with Gasteiger partial charge in [0.1, 0.15) is 5.82 Å². The van der Waals surface area contributed by atoms with E-state index >= 15 is 0 Å². The number of pyridine rings is 1. The van der Waals surface area contributed by atoms with Crippen molar-refractivity contribution in [1.29, 1.82) is 0 Å². The molecular weight excluding hydrogens is 300 g/mol. The van der Waals surface area contributed by atoms with Gasteiger partial charge in [0.15, 0.2) is 0 Å². The maximum Gasteiger partial charge on any atom is 0.252 e. The number of nitrogens with zero attached hydrogens (tertiary/aromatic N) is 2. The normalized spacial score (nSPS) is 10.4. The largest absolute Gasteiger partial charge is 0.399 e. The molecule has 1 aromatic heterocycles. The van der Waals surface area contributed by atoms with Crippen LogP contribution in [-0.2, 0) is 6.42 Å². The first-order valence-corrected chi connectivity index (χ1v) is 8.47. The Balaban J connectivity index is 1.86. The highest BCUT2D eigenvalue weighted by atomic mass is 16.1. The highest BCUT2D eigenvalue weighted by Crippen LogP contribution is 2.12. The highest BCUT2D eigenvalue weighted by molar-refractivity contribution is 5.94. The standard InChI is InChI=1S/C19H26N4O/c1-3-13-23(4-2)18-10-7-16(14-22-18)19(24)21-12-11-15-5-8-17(20)9-6-15/h5-10,14H,3-4,11-13,20H2,1-2H3,(H,21,24). The van der Waals surface area contributed by atoms with E-state index in [-0.39, 0.29) is 5.91 Å². The Kier molecular flexibility index (Phi) is 6.61. The first-order chi connectivity index (χ1) is 11.6. The van der Waals surface area contributed by atoms with Crippen molar-refractivity contribution in [3.05, 3.63) is 53.7 Å². The first-order valence-electron chi connectivity index (χ1n) is 8.47. The van der Waals surface area contributed by atoms with Crippen LogP contribution < -0.4 is 16.0 Å². The van der Waals surface area contributed by atoms with E-state index in [9.17, 15) is 4.79 Å². The van der Waals surface area contributed by atoms with E-state index < -0.39 is 0 Å². The molecule has 0 saturated carbocycles. The van der Waals surface area contributed by atoms with Crippen molar-refractivity contribution in [2.75, 3.05) is 30.3 Å². The zero-order valence-electron chi connectivity index (χ0n) is 14.5. The van der Waals surface area contributed by atoms with Gasteiger partial charge in [0.25, 0.3) is 5.91 Å². The van der Waals surface area contributed by atoms with Crippen LogP contribution in [0.15, 0.2) is 42.6 Å². The van der Waals surface area contributed by atoms with Crippen molar-refractivity contribution < 1.29 is 4.79 Å². The Bertz CT molecular complexity index is 637. The second kappa shape index (κ2) is 8.91. The van der Waals surface area contributed by atoms with Crippen LogP contribution in [0.5, 0.6) is 0 Å². The summed E-state index contributed by atoms with van der Waals surface area (Å²) in [5.74, 6) is 0.820. The molecule has 1 aromatic carbocycles. The van der Waals surface area contributed by atoms with Crippen molar-refractivity contribution in [2.24, 2.45) is 0 Å². The van der Waals surface area contributed by atoms with E-state index in [4.69, 9.17) is 5.73 Å². The zero-order chi connectivity index (χ0) is 17.4. The number of carbonyl (C=O) groups is 1. The summed E-state index contributed by atoms with van der Waals surface area (Å²) in [5, 5.41) is 2.93. The van der Waals surface area contributed by atoms with Crippen molar-refractivity contribution in [3.8, 4) is 0 Å². The van der Waals surface area contributed by atoms with Crippen LogP contribution in [0.2, 0.25) is 0 Å². The number of anilines is 2. The van der Waals surface area contributed by atoms with Gasteiger partial charge in [-0.2, -0.15) is 0 Å². The fourth-order valence-electron chi connectivity index (χ4n) is 2.52. The van der Waals surface area contributed by atoms with Crippen LogP contribution in [0.3, 0.4) is 0 Å². The second-order valence-electron chi connectivity index (χ2n) is 5.73. The number of hydrogen-bond acceptors (Lipinski definition) is 4. The van der Waals surface area contributed by atoms with Crippen molar-refractivity contribution in [2.45, 2.75) is 26.7 Å². The van der Waals surface area contributed by atoms with Crippen molar-refractivity contribution in [3.63, 3.8) is 0 Å². The van der Waals surface area contributed by atoms with E-state index in [1.54, 1.807) is 6.20 Å². The molecule has 5 nitrogen and oxygen atoms in total. The molecule has 0 aliphatic carbocycles. The highest BCUT2D eigenvalue weighted by Gasteiger charge is 2.08. The molecule has 24 heavy (non-hydrogen) atoms. The lowest BCUT2D eigenvalue weighted by molar-refractivity contribution is 0.0954. The molecule has 0 aliphatic heterocycles. The number of rotatable bonds is 8. The molecule has 1 heterocycles. The summed E-state index contributed by atoms with van der Waals surface area (Å²) in [6, 6.07) is 11.4. The number of nitrogen functional groups attached to an aromatic ring is 1. The Morgan fingerprint density at radius 1 is 1.17 bits per heavy atom. The second-order valence-corrected chi connectivity index (χ2v) is 5.73. The minimum atomic E-state index is -0.0944. The van der Waals surface area contributed by atoms with E-state index in [1.165, 1.54) is 0 Å². The smallest absolute Gasteiger partial charge is 0.252 e. The van der Waals surface area contributed by atoms with Crippen LogP contribution >= 0.6 is 0 Å². The molecule has 0 radical (unpaired) electrons. The summed E-state index contributed by atoms with van der Waals surface area (Å²) in [6.07, 6.45) is 3.49. The van der Waals surface area contributed by atoms with Crippen LogP contribution in [0.25, 0.3) is 0 Å². The average molecular weight is 326 g/mol. The lowest BCUT2D eigenvalue weighted by Gasteiger charge is -2.21. The summed E-state index contributed by atoms with van der Waals surface area (Å²) < 4.78 is 0. The number of nitrogens with one attached hydrogen (secondary N) is 1. The fraction of sp³-hybridized carbons (Fsp3) is 0.368. The van der Waals surface area contributed by atoms with Gasteiger partial charge in [0.05, 0.1) is 5.56 Å². The Morgan fingerprint density at radius 2 is 1.92 bits per heavy atom. The van der Waals surface area contributed by atoms with Gasteiger partial charge >= 0.3 is 0 Å². The molecule has 2 aromatic rings. The van der Waals surface area contributed by atoms with Crippen LogP contribution in [-0.4, -0.2) is 30.5 Å². The molecular formula is C19H26N4O. The Morgan fingerprint density at radius 3 is 2.50 bits per heavy atom. The van der Waals surface area contributed by atoms with E-state index in [0.29, 0.717) is 12.1 Å². The number of amides is 1. The molecule has 2 rings (SSSR count). The predicted molar refractivity (Wildman–Crippen MR) is 99.3 cm³/mol. The molecule has 0 aliphatic rings. The van der Waals surface area contributed by atoms with E-state index in [2.05, 4.69) is 29.0 Å². The van der Waals surface area contributed by atoms with E-state index in [0.717, 1.165) is 43.0 Å². The van der Waals surface area contributed by atoms with Crippen LogP contribution in [0, 0.1) is 0 Å². The maximum absolute atomic E-state index is 12.2. The monoisotopic (exact) mass is 326 g/mol. The minimum Gasteiger partial charge on any atom is -0.399 e. The Hall–Kier alpha value is -2.56. The average Bonchev–Trinajstić information content (AvgIpc) is 2.61. The SMILES string of the molecule is CCCN(CC)c1ccc(C(=O)NCCc2ccc(N)cc2)cn1. The quantitative estimate of drug-likeness (QED) is 0.732. The molecule has 128 valence electrons. The number of nitrogens with two attached hydrogens (primary N) is 1. The summed E-state index contributed by atoms with van der Waals surface area (Å²) in [5.41, 5.74) is 8.15. The number of benzene rings is 1. The predicted octanol–water partition coefficient (Wildman–Crippen LogP) is 2.87. The van der Waals surface area contributed by atoms with Gasteiger partial charge in [-0.1, -0.05) is 19.1 Å². The molecule has 0 unspecified atom stereocenters. The van der Waals surface area contributed by atoms with Gasteiger partial charge in [-0.3, -0.25) is 4.79 Å². The molecule has 0 spiro atoms. The van der Waals surface area contributed by atoms with Crippen LogP contribution in [0.4, 0.5) is 11.5 Å². The molecule has 5 heteroatoms. The minimum absolute atomic E-state index is 0.0944. The summed E-state index contributed by atoms with van der Waals surface area (Å²) in [7, 11) is 0. The summed E-state index contributed by atoms with van der Waals surface area (Å²) in [4.78, 5) is 18.8. The van der Waals surface area contributed by atoms with Gasteiger partial charge in [0, 0.05) is 31.5 Å². The lowest BCUT2D eigenvalue weighted by Crippen LogP contribution is -2.27. The first kappa shape index (κ1) is 17.8. The maximum atomic E-state index is 12.2. The van der Waals surface area contributed by atoms with Crippen molar-refractivity contribution in [1.82, 2.24) is 10.3 Å². The molecule has 3 N–H and O–H groups in total. The molecule has 1 amide bonds. The number of carbonyl (C=O) groups excluding carboxylic acids is 1. The van der Waals surface area contributed by atoms with E-state index in [1.807, 2.05) is 36.4 Å².